The first-order chi connectivity index (χ1) is 7.65. The molecule has 1 aliphatic rings. The fraction of sp³-hybridized carbons (Fsp3) is 0.750. The molecule has 0 spiro atoms. The third-order valence-corrected chi connectivity index (χ3v) is 2.93. The zero-order valence-electron chi connectivity index (χ0n) is 10.1. The van der Waals surface area contributed by atoms with Crippen LogP contribution in [0.1, 0.15) is 19.8 Å². The molecule has 0 saturated heterocycles. The number of amides is 1. The van der Waals surface area contributed by atoms with Gasteiger partial charge in [-0.25, -0.2) is 0 Å². The molecule has 4 heteroatoms. The van der Waals surface area contributed by atoms with Crippen LogP contribution in [0, 0.1) is 12.3 Å². The molecule has 2 N–H and O–H groups in total. The van der Waals surface area contributed by atoms with E-state index in [-0.39, 0.29) is 5.91 Å². The van der Waals surface area contributed by atoms with Gasteiger partial charge in [-0.15, -0.1) is 6.42 Å². The first kappa shape index (κ1) is 13.0. The predicted octanol–water partition coefficient (Wildman–Crippen LogP) is -0.192. The van der Waals surface area contributed by atoms with Crippen LogP contribution < -0.4 is 10.6 Å². The average molecular weight is 223 g/mol. The number of carbonyl (C=O) groups is 1. The Morgan fingerprint density at radius 1 is 1.62 bits per heavy atom. The molecule has 1 atom stereocenters. The number of nitrogens with one attached hydrogen (secondary N) is 2. The molecule has 1 unspecified atom stereocenters. The molecule has 0 bridgehead atoms. The lowest BCUT2D eigenvalue weighted by Crippen LogP contribution is -2.43. The highest BCUT2D eigenvalue weighted by atomic mass is 16.1. The Bertz CT molecular complexity index is 268. The molecule has 16 heavy (non-hydrogen) atoms. The summed E-state index contributed by atoms with van der Waals surface area (Å²) in [6.07, 6.45) is 7.65. The largest absolute Gasteiger partial charge is 0.353 e. The lowest BCUT2D eigenvalue weighted by Gasteiger charge is -2.24. The molecule has 1 saturated carbocycles. The molecule has 0 aromatic rings. The summed E-state index contributed by atoms with van der Waals surface area (Å²) in [4.78, 5) is 13.7. The van der Waals surface area contributed by atoms with Crippen LogP contribution in [0.3, 0.4) is 0 Å². The predicted molar refractivity (Wildman–Crippen MR) is 65.0 cm³/mol. The van der Waals surface area contributed by atoms with Gasteiger partial charge < -0.3 is 5.32 Å². The SMILES string of the molecule is C#CCNCC(=O)NCC(C)N(C)C1CC1. The highest BCUT2D eigenvalue weighted by molar-refractivity contribution is 5.78. The summed E-state index contributed by atoms with van der Waals surface area (Å²) in [7, 11) is 2.12. The number of nitrogens with zero attached hydrogens (tertiary/aromatic N) is 1. The summed E-state index contributed by atoms with van der Waals surface area (Å²) in [6.45, 7) is 3.56. The zero-order chi connectivity index (χ0) is 12.0. The van der Waals surface area contributed by atoms with E-state index in [1.807, 2.05) is 0 Å². The summed E-state index contributed by atoms with van der Waals surface area (Å²) < 4.78 is 0. The first-order valence-electron chi connectivity index (χ1n) is 5.78. The van der Waals surface area contributed by atoms with Crippen molar-refractivity contribution >= 4 is 5.91 Å². The van der Waals surface area contributed by atoms with Crippen molar-refractivity contribution in [3.63, 3.8) is 0 Å². The van der Waals surface area contributed by atoms with Gasteiger partial charge in [-0.3, -0.25) is 15.0 Å². The molecular weight excluding hydrogens is 202 g/mol. The fourth-order valence-electron chi connectivity index (χ4n) is 1.56. The van der Waals surface area contributed by atoms with Gasteiger partial charge in [-0.1, -0.05) is 5.92 Å². The lowest BCUT2D eigenvalue weighted by atomic mass is 10.3. The van der Waals surface area contributed by atoms with Gasteiger partial charge in [0.05, 0.1) is 13.1 Å². The minimum atomic E-state index is 0.00583. The number of rotatable bonds is 7. The van der Waals surface area contributed by atoms with E-state index in [1.54, 1.807) is 0 Å². The van der Waals surface area contributed by atoms with Gasteiger partial charge in [-0.05, 0) is 26.8 Å². The Kier molecular flexibility index (Phi) is 5.30. The monoisotopic (exact) mass is 223 g/mol. The molecule has 1 fully saturated rings. The van der Waals surface area contributed by atoms with Gasteiger partial charge in [0, 0.05) is 18.6 Å². The molecule has 0 aromatic heterocycles. The van der Waals surface area contributed by atoms with E-state index in [2.05, 4.69) is 35.4 Å². The van der Waals surface area contributed by atoms with E-state index in [1.165, 1.54) is 12.8 Å². The van der Waals surface area contributed by atoms with Crippen molar-refractivity contribution in [2.24, 2.45) is 0 Å². The van der Waals surface area contributed by atoms with Gasteiger partial charge in [0.25, 0.3) is 0 Å². The molecule has 0 radical (unpaired) electrons. The highest BCUT2D eigenvalue weighted by Crippen LogP contribution is 2.26. The standard InChI is InChI=1S/C12H21N3O/c1-4-7-13-9-12(16)14-8-10(2)15(3)11-5-6-11/h1,10-11,13H,5-9H2,2-3H3,(H,14,16). The van der Waals surface area contributed by atoms with E-state index in [4.69, 9.17) is 6.42 Å². The molecule has 1 aliphatic carbocycles. The quantitative estimate of drug-likeness (QED) is 0.464. The summed E-state index contributed by atoms with van der Waals surface area (Å²) in [6, 6.07) is 1.12. The van der Waals surface area contributed by atoms with Crippen molar-refractivity contribution in [3.05, 3.63) is 0 Å². The second-order valence-electron chi connectivity index (χ2n) is 4.36. The number of carbonyl (C=O) groups excluding carboxylic acids is 1. The van der Waals surface area contributed by atoms with E-state index in [0.29, 0.717) is 25.7 Å². The van der Waals surface area contributed by atoms with E-state index in [0.717, 1.165) is 6.04 Å². The van der Waals surface area contributed by atoms with Crippen molar-refractivity contribution in [1.29, 1.82) is 0 Å². The van der Waals surface area contributed by atoms with Crippen molar-refractivity contribution < 1.29 is 4.79 Å². The zero-order valence-corrected chi connectivity index (χ0v) is 10.1. The van der Waals surface area contributed by atoms with E-state index >= 15 is 0 Å². The van der Waals surface area contributed by atoms with Gasteiger partial charge in [0.15, 0.2) is 0 Å². The molecule has 0 aliphatic heterocycles. The van der Waals surface area contributed by atoms with Crippen molar-refractivity contribution in [3.8, 4) is 12.3 Å². The van der Waals surface area contributed by atoms with Crippen LogP contribution in [0.5, 0.6) is 0 Å². The Labute approximate surface area is 97.8 Å². The Balaban J connectivity index is 2.08. The van der Waals surface area contributed by atoms with E-state index < -0.39 is 0 Å². The summed E-state index contributed by atoms with van der Waals surface area (Å²) in [5.41, 5.74) is 0. The molecule has 90 valence electrons. The molecule has 0 heterocycles. The Morgan fingerprint density at radius 3 is 2.88 bits per heavy atom. The van der Waals surface area contributed by atoms with Crippen LogP contribution >= 0.6 is 0 Å². The first-order valence-corrected chi connectivity index (χ1v) is 5.78. The van der Waals surface area contributed by atoms with Gasteiger partial charge >= 0.3 is 0 Å². The molecular formula is C12H21N3O. The second-order valence-corrected chi connectivity index (χ2v) is 4.36. The Hall–Kier alpha value is -1.05. The minimum Gasteiger partial charge on any atom is -0.353 e. The van der Waals surface area contributed by atoms with Crippen molar-refractivity contribution in [1.82, 2.24) is 15.5 Å². The third-order valence-electron chi connectivity index (χ3n) is 2.93. The minimum absolute atomic E-state index is 0.00583. The number of hydrogen-bond acceptors (Lipinski definition) is 3. The Morgan fingerprint density at radius 2 is 2.31 bits per heavy atom. The smallest absolute Gasteiger partial charge is 0.234 e. The van der Waals surface area contributed by atoms with Gasteiger partial charge in [0.1, 0.15) is 0 Å². The van der Waals surface area contributed by atoms with Crippen LogP contribution in [-0.2, 0) is 4.79 Å². The van der Waals surface area contributed by atoms with Crippen molar-refractivity contribution in [2.45, 2.75) is 31.8 Å². The molecule has 0 aromatic carbocycles. The second kappa shape index (κ2) is 6.51. The van der Waals surface area contributed by atoms with Gasteiger partial charge in [-0.2, -0.15) is 0 Å². The van der Waals surface area contributed by atoms with Gasteiger partial charge in [0.2, 0.25) is 5.91 Å². The topological polar surface area (TPSA) is 44.4 Å². The third kappa shape index (κ3) is 4.65. The summed E-state index contributed by atoms with van der Waals surface area (Å²) in [5, 5.41) is 5.75. The average Bonchev–Trinajstić information content (AvgIpc) is 3.09. The molecule has 1 rings (SSSR count). The maximum absolute atomic E-state index is 11.4. The van der Waals surface area contributed by atoms with Crippen LogP contribution in [-0.4, -0.2) is 49.6 Å². The number of terminal acetylenes is 1. The highest BCUT2D eigenvalue weighted by Gasteiger charge is 2.28. The van der Waals surface area contributed by atoms with E-state index in [9.17, 15) is 4.79 Å². The molecule has 4 nitrogen and oxygen atoms in total. The summed E-state index contributed by atoms with van der Waals surface area (Å²) >= 11 is 0. The number of hydrogen-bond donors (Lipinski definition) is 2. The molecule has 1 amide bonds. The van der Waals surface area contributed by atoms with Crippen LogP contribution in [0.25, 0.3) is 0 Å². The maximum atomic E-state index is 11.4. The van der Waals surface area contributed by atoms with Crippen LogP contribution in [0.2, 0.25) is 0 Å². The fourth-order valence-corrected chi connectivity index (χ4v) is 1.56. The lowest BCUT2D eigenvalue weighted by molar-refractivity contribution is -0.120. The maximum Gasteiger partial charge on any atom is 0.234 e. The van der Waals surface area contributed by atoms with Crippen LogP contribution in [0.15, 0.2) is 0 Å². The van der Waals surface area contributed by atoms with Crippen molar-refractivity contribution in [2.75, 3.05) is 26.7 Å². The summed E-state index contributed by atoms with van der Waals surface area (Å²) in [5.74, 6) is 2.44. The normalized spacial score (nSPS) is 16.9. The van der Waals surface area contributed by atoms with Crippen LogP contribution in [0.4, 0.5) is 0 Å². The number of likely N-dealkylation sites (N-methyl/N-ethyl adjacent to an activating group) is 1.